The summed E-state index contributed by atoms with van der Waals surface area (Å²) in [5, 5.41) is 5.83. The third kappa shape index (κ3) is 6.77. The molecule has 1 aliphatic heterocycles. The van der Waals surface area contributed by atoms with E-state index >= 15 is 0 Å². The number of ether oxygens (including phenoxy) is 1. The van der Waals surface area contributed by atoms with Gasteiger partial charge in [0, 0.05) is 25.0 Å². The Morgan fingerprint density at radius 2 is 1.93 bits per heavy atom. The summed E-state index contributed by atoms with van der Waals surface area (Å²) in [6.07, 6.45) is 3.39. The van der Waals surface area contributed by atoms with Gasteiger partial charge >= 0.3 is 6.03 Å². The van der Waals surface area contributed by atoms with Crippen LogP contribution in [-0.2, 0) is 4.79 Å². The molecule has 0 aliphatic carbocycles. The van der Waals surface area contributed by atoms with Gasteiger partial charge in [-0.2, -0.15) is 0 Å². The third-order valence-corrected chi connectivity index (χ3v) is 5.12. The maximum Gasteiger partial charge on any atom is 0.315 e. The molecule has 1 aromatic rings. The molecule has 1 heterocycles. The fourth-order valence-electron chi connectivity index (χ4n) is 3.42. The molecule has 2 N–H and O–H groups in total. The topological polar surface area (TPSA) is 70.7 Å². The number of urea groups is 1. The molecule has 0 bridgehead atoms. The maximum absolute atomic E-state index is 12.4. The van der Waals surface area contributed by atoms with Crippen molar-refractivity contribution in [3.05, 3.63) is 29.8 Å². The van der Waals surface area contributed by atoms with Gasteiger partial charge in [-0.05, 0) is 50.3 Å². The molecule has 0 aromatic heterocycles. The summed E-state index contributed by atoms with van der Waals surface area (Å²) < 4.78 is 5.62. The van der Waals surface area contributed by atoms with Crippen molar-refractivity contribution < 1.29 is 14.3 Å². The van der Waals surface area contributed by atoms with E-state index in [4.69, 9.17) is 4.74 Å². The molecular weight excluding hydrogens is 342 g/mol. The summed E-state index contributed by atoms with van der Waals surface area (Å²) in [6, 6.07) is 7.79. The number of nitrogens with one attached hydrogen (secondary N) is 2. The largest absolute Gasteiger partial charge is 0.492 e. The number of piperidine rings is 1. The Bertz CT molecular complexity index is 608. The first-order valence-corrected chi connectivity index (χ1v) is 10.1. The first-order valence-electron chi connectivity index (χ1n) is 10.1. The molecule has 2 rings (SSSR count). The quantitative estimate of drug-likeness (QED) is 0.686. The van der Waals surface area contributed by atoms with E-state index in [0.717, 1.165) is 50.1 Å². The van der Waals surface area contributed by atoms with Gasteiger partial charge in [-0.3, -0.25) is 4.79 Å². The molecule has 1 saturated heterocycles. The number of hydrogen-bond donors (Lipinski definition) is 2. The minimum atomic E-state index is -0.174. The second kappa shape index (κ2) is 10.8. The van der Waals surface area contributed by atoms with E-state index in [9.17, 15) is 9.59 Å². The summed E-state index contributed by atoms with van der Waals surface area (Å²) in [4.78, 5) is 26.4. The van der Waals surface area contributed by atoms with Gasteiger partial charge in [-0.15, -0.1) is 0 Å². The van der Waals surface area contributed by atoms with Gasteiger partial charge in [-0.1, -0.05) is 26.0 Å². The number of likely N-dealkylation sites (tertiary alicyclic amines) is 1. The molecule has 1 aromatic carbocycles. The van der Waals surface area contributed by atoms with E-state index in [1.165, 1.54) is 0 Å². The zero-order chi connectivity index (χ0) is 19.6. The van der Waals surface area contributed by atoms with Gasteiger partial charge in [0.15, 0.2) is 0 Å². The Hall–Kier alpha value is -2.24. The molecule has 1 fully saturated rings. The lowest BCUT2D eigenvalue weighted by Gasteiger charge is -2.34. The molecule has 6 heteroatoms. The van der Waals surface area contributed by atoms with Crippen LogP contribution in [0.15, 0.2) is 24.3 Å². The lowest BCUT2D eigenvalue weighted by molar-refractivity contribution is -0.136. The van der Waals surface area contributed by atoms with Crippen LogP contribution in [-0.4, -0.2) is 49.1 Å². The van der Waals surface area contributed by atoms with E-state index in [1.807, 2.05) is 36.1 Å². The Kier molecular flexibility index (Phi) is 8.43. The van der Waals surface area contributed by atoms with Crippen LogP contribution >= 0.6 is 0 Å². The number of nitrogens with zero attached hydrogens (tertiary/aromatic N) is 1. The van der Waals surface area contributed by atoms with E-state index in [2.05, 4.69) is 24.5 Å². The second-order valence-corrected chi connectivity index (χ2v) is 7.18. The van der Waals surface area contributed by atoms with E-state index < -0.39 is 0 Å². The molecule has 3 amide bonds. The first-order chi connectivity index (χ1) is 13.0. The highest BCUT2D eigenvalue weighted by atomic mass is 16.5. The van der Waals surface area contributed by atoms with Crippen molar-refractivity contribution >= 4 is 11.9 Å². The number of carbonyl (C=O) groups excluding carboxylic acids is 2. The Labute approximate surface area is 162 Å². The van der Waals surface area contributed by atoms with E-state index in [-0.39, 0.29) is 23.9 Å². The van der Waals surface area contributed by atoms with Crippen molar-refractivity contribution in [1.82, 2.24) is 15.5 Å². The molecule has 0 atom stereocenters. The Balaban J connectivity index is 1.62. The molecule has 1 aliphatic rings. The highest BCUT2D eigenvalue weighted by Gasteiger charge is 2.27. The first kappa shape index (κ1) is 21.1. The van der Waals surface area contributed by atoms with Crippen LogP contribution in [0.5, 0.6) is 5.75 Å². The normalized spacial score (nSPS) is 14.9. The molecule has 0 radical (unpaired) electrons. The van der Waals surface area contributed by atoms with Crippen molar-refractivity contribution in [2.24, 2.45) is 5.92 Å². The van der Waals surface area contributed by atoms with Gasteiger partial charge < -0.3 is 20.3 Å². The average Bonchev–Trinajstić information content (AvgIpc) is 2.67. The molecule has 0 spiro atoms. The van der Waals surface area contributed by atoms with Crippen molar-refractivity contribution in [2.45, 2.75) is 52.5 Å². The van der Waals surface area contributed by atoms with Gasteiger partial charge in [-0.25, -0.2) is 4.79 Å². The number of amides is 3. The van der Waals surface area contributed by atoms with Crippen LogP contribution in [0.2, 0.25) is 0 Å². The lowest BCUT2D eigenvalue weighted by atomic mass is 9.98. The van der Waals surface area contributed by atoms with Crippen LogP contribution in [0, 0.1) is 12.8 Å². The molecule has 0 unspecified atom stereocenters. The predicted molar refractivity (Wildman–Crippen MR) is 107 cm³/mol. The SMILES string of the molecule is CCC(CC)C(=O)N1CCC(NC(=O)NCCOc2cccc(C)c2)CC1. The van der Waals surface area contributed by atoms with E-state index in [0.29, 0.717) is 13.2 Å². The zero-order valence-electron chi connectivity index (χ0n) is 16.8. The maximum atomic E-state index is 12.4. The number of benzene rings is 1. The zero-order valence-corrected chi connectivity index (χ0v) is 16.8. The van der Waals surface area contributed by atoms with Crippen LogP contribution < -0.4 is 15.4 Å². The molecular formula is C21H33N3O3. The molecule has 6 nitrogen and oxygen atoms in total. The Morgan fingerprint density at radius 3 is 2.56 bits per heavy atom. The average molecular weight is 376 g/mol. The third-order valence-electron chi connectivity index (χ3n) is 5.12. The van der Waals surface area contributed by atoms with Gasteiger partial charge in [0.2, 0.25) is 5.91 Å². The number of hydrogen-bond acceptors (Lipinski definition) is 3. The molecule has 0 saturated carbocycles. The van der Waals surface area contributed by atoms with Crippen molar-refractivity contribution in [2.75, 3.05) is 26.2 Å². The molecule has 150 valence electrons. The summed E-state index contributed by atoms with van der Waals surface area (Å²) in [5.74, 6) is 1.20. The van der Waals surface area contributed by atoms with Crippen LogP contribution in [0.25, 0.3) is 0 Å². The summed E-state index contributed by atoms with van der Waals surface area (Å²) >= 11 is 0. The van der Waals surface area contributed by atoms with Crippen LogP contribution in [0.4, 0.5) is 4.79 Å². The highest BCUT2D eigenvalue weighted by Crippen LogP contribution is 2.17. The van der Waals surface area contributed by atoms with Gasteiger partial charge in [0.1, 0.15) is 12.4 Å². The van der Waals surface area contributed by atoms with Crippen molar-refractivity contribution in [1.29, 1.82) is 0 Å². The van der Waals surface area contributed by atoms with Gasteiger partial charge in [0.05, 0.1) is 6.54 Å². The number of aryl methyl sites for hydroxylation is 1. The second-order valence-electron chi connectivity index (χ2n) is 7.18. The number of carbonyl (C=O) groups is 2. The minimum absolute atomic E-state index is 0.119. The minimum Gasteiger partial charge on any atom is -0.492 e. The summed E-state index contributed by atoms with van der Waals surface area (Å²) in [7, 11) is 0. The van der Waals surface area contributed by atoms with Crippen LogP contribution in [0.3, 0.4) is 0 Å². The fraction of sp³-hybridized carbons (Fsp3) is 0.619. The predicted octanol–water partition coefficient (Wildman–Crippen LogP) is 3.10. The van der Waals surface area contributed by atoms with Crippen LogP contribution in [0.1, 0.15) is 45.1 Å². The lowest BCUT2D eigenvalue weighted by Crippen LogP contribution is -2.50. The highest BCUT2D eigenvalue weighted by molar-refractivity contribution is 5.79. The summed E-state index contributed by atoms with van der Waals surface area (Å²) in [5.41, 5.74) is 1.15. The summed E-state index contributed by atoms with van der Waals surface area (Å²) in [6.45, 7) is 8.46. The monoisotopic (exact) mass is 375 g/mol. The van der Waals surface area contributed by atoms with Crippen molar-refractivity contribution in [3.63, 3.8) is 0 Å². The van der Waals surface area contributed by atoms with Crippen molar-refractivity contribution in [3.8, 4) is 5.75 Å². The number of rotatable bonds is 8. The Morgan fingerprint density at radius 1 is 1.22 bits per heavy atom. The smallest absolute Gasteiger partial charge is 0.315 e. The van der Waals surface area contributed by atoms with E-state index in [1.54, 1.807) is 0 Å². The fourth-order valence-corrected chi connectivity index (χ4v) is 3.42. The van der Waals surface area contributed by atoms with Gasteiger partial charge in [0.25, 0.3) is 0 Å². The molecule has 27 heavy (non-hydrogen) atoms. The standard InChI is InChI=1S/C21H33N3O3/c1-4-17(5-2)20(25)24-12-9-18(10-13-24)23-21(26)22-11-14-27-19-8-6-7-16(3)15-19/h6-8,15,17-18H,4-5,9-14H2,1-3H3,(H2,22,23,26).